The zero-order valence-corrected chi connectivity index (χ0v) is 14.3. The van der Waals surface area contributed by atoms with Crippen LogP contribution in [0.15, 0.2) is 45.7 Å². The average Bonchev–Trinajstić information content (AvgIpc) is 3.08. The van der Waals surface area contributed by atoms with E-state index in [1.54, 1.807) is 12.1 Å². The van der Waals surface area contributed by atoms with E-state index in [1.165, 1.54) is 11.8 Å². The maximum absolute atomic E-state index is 11.6. The number of halogens is 1. The van der Waals surface area contributed by atoms with E-state index in [4.69, 9.17) is 16.3 Å². The standard InChI is InChI=1S/C15H13ClN2O6S/c16-10-1-3-11(4-2-10)25-8-7-17-13(19)9-23-15(20)12-5-6-14(24-12)18(21)22/h1-6H,7-9H2,(H,17,19). The molecule has 132 valence electrons. The van der Waals surface area contributed by atoms with Gasteiger partial charge in [0.15, 0.2) is 6.61 Å². The maximum Gasteiger partial charge on any atom is 0.433 e. The zero-order chi connectivity index (χ0) is 18.2. The molecule has 0 fully saturated rings. The molecule has 2 rings (SSSR count). The van der Waals surface area contributed by atoms with Gasteiger partial charge in [0.25, 0.3) is 5.91 Å². The third kappa shape index (κ3) is 6.12. The summed E-state index contributed by atoms with van der Waals surface area (Å²) in [5, 5.41) is 13.7. The van der Waals surface area contributed by atoms with Crippen molar-refractivity contribution >= 4 is 41.1 Å². The van der Waals surface area contributed by atoms with Gasteiger partial charge in [-0.05, 0) is 30.3 Å². The highest BCUT2D eigenvalue weighted by atomic mass is 35.5. The molecular weight excluding hydrogens is 372 g/mol. The van der Waals surface area contributed by atoms with Crippen LogP contribution in [0.2, 0.25) is 5.02 Å². The zero-order valence-electron chi connectivity index (χ0n) is 12.8. The van der Waals surface area contributed by atoms with E-state index in [1.807, 2.05) is 12.1 Å². The van der Waals surface area contributed by atoms with Crippen LogP contribution in [0.3, 0.4) is 0 Å². The third-order valence-corrected chi connectivity index (χ3v) is 4.08. The van der Waals surface area contributed by atoms with Gasteiger partial charge in [-0.25, -0.2) is 4.79 Å². The van der Waals surface area contributed by atoms with Crippen LogP contribution in [0.4, 0.5) is 5.88 Å². The molecule has 1 aromatic heterocycles. The van der Waals surface area contributed by atoms with E-state index >= 15 is 0 Å². The molecule has 1 aromatic carbocycles. The van der Waals surface area contributed by atoms with Crippen LogP contribution >= 0.6 is 23.4 Å². The minimum atomic E-state index is -0.946. The van der Waals surface area contributed by atoms with Crippen LogP contribution in [-0.2, 0) is 9.53 Å². The molecule has 1 heterocycles. The number of hydrogen-bond donors (Lipinski definition) is 1. The molecule has 2 aromatic rings. The minimum Gasteiger partial charge on any atom is -0.450 e. The molecule has 8 nitrogen and oxygen atoms in total. The Bertz CT molecular complexity index is 762. The van der Waals surface area contributed by atoms with Crippen LogP contribution in [0, 0.1) is 10.1 Å². The van der Waals surface area contributed by atoms with E-state index in [-0.39, 0.29) is 5.76 Å². The van der Waals surface area contributed by atoms with Crippen molar-refractivity contribution in [2.45, 2.75) is 4.90 Å². The van der Waals surface area contributed by atoms with Crippen LogP contribution < -0.4 is 5.32 Å². The first-order valence-electron chi connectivity index (χ1n) is 7.02. The number of amides is 1. The molecular formula is C15H13ClN2O6S. The summed E-state index contributed by atoms with van der Waals surface area (Å²) in [6.07, 6.45) is 0. The number of ether oxygens (including phenoxy) is 1. The van der Waals surface area contributed by atoms with Crippen LogP contribution in [-0.4, -0.2) is 35.7 Å². The summed E-state index contributed by atoms with van der Waals surface area (Å²) in [4.78, 5) is 33.9. The fraction of sp³-hybridized carbons (Fsp3) is 0.200. The molecule has 0 bridgehead atoms. The number of rotatable bonds is 8. The van der Waals surface area contributed by atoms with Gasteiger partial charge in [0.05, 0.1) is 6.07 Å². The van der Waals surface area contributed by atoms with Gasteiger partial charge in [-0.15, -0.1) is 11.8 Å². The van der Waals surface area contributed by atoms with Crippen LogP contribution in [0.1, 0.15) is 10.6 Å². The number of carbonyl (C=O) groups is 2. The minimum absolute atomic E-state index is 0.335. The van der Waals surface area contributed by atoms with Gasteiger partial charge >= 0.3 is 11.9 Å². The number of nitrogens with one attached hydrogen (secondary N) is 1. The number of carbonyl (C=O) groups excluding carboxylic acids is 2. The Kier molecular flexibility index (Phi) is 6.84. The highest BCUT2D eigenvalue weighted by Gasteiger charge is 2.19. The van der Waals surface area contributed by atoms with Gasteiger partial charge < -0.3 is 14.5 Å². The van der Waals surface area contributed by atoms with E-state index < -0.39 is 29.3 Å². The number of hydrogen-bond acceptors (Lipinski definition) is 7. The normalized spacial score (nSPS) is 10.3. The summed E-state index contributed by atoms with van der Waals surface area (Å²) in [6, 6.07) is 9.45. The first-order chi connectivity index (χ1) is 12.0. The summed E-state index contributed by atoms with van der Waals surface area (Å²) in [7, 11) is 0. The van der Waals surface area contributed by atoms with Crippen molar-refractivity contribution in [2.75, 3.05) is 18.9 Å². The second-order valence-corrected chi connectivity index (χ2v) is 6.23. The molecule has 0 spiro atoms. The lowest BCUT2D eigenvalue weighted by molar-refractivity contribution is -0.402. The number of esters is 1. The van der Waals surface area contributed by atoms with E-state index in [9.17, 15) is 19.7 Å². The molecule has 0 saturated heterocycles. The predicted octanol–water partition coefficient (Wildman–Crippen LogP) is 2.91. The number of benzene rings is 1. The smallest absolute Gasteiger partial charge is 0.433 e. The molecule has 0 radical (unpaired) electrons. The monoisotopic (exact) mass is 384 g/mol. The van der Waals surface area contributed by atoms with Crippen molar-refractivity contribution in [2.24, 2.45) is 0 Å². The second-order valence-electron chi connectivity index (χ2n) is 4.62. The quantitative estimate of drug-likeness (QED) is 0.245. The lowest BCUT2D eigenvalue weighted by Crippen LogP contribution is -2.30. The first-order valence-corrected chi connectivity index (χ1v) is 8.38. The van der Waals surface area contributed by atoms with Gasteiger partial charge in [0, 0.05) is 22.2 Å². The largest absolute Gasteiger partial charge is 0.450 e. The molecule has 0 aliphatic rings. The average molecular weight is 385 g/mol. The fourth-order valence-corrected chi connectivity index (χ4v) is 2.57. The van der Waals surface area contributed by atoms with E-state index in [0.29, 0.717) is 17.3 Å². The SMILES string of the molecule is O=C(COC(=O)c1ccc([N+](=O)[O-])o1)NCCSc1ccc(Cl)cc1. The van der Waals surface area contributed by atoms with Gasteiger partial charge in [0.2, 0.25) is 5.76 Å². The number of nitro groups is 1. The van der Waals surface area contributed by atoms with Crippen molar-refractivity contribution in [1.82, 2.24) is 5.32 Å². The van der Waals surface area contributed by atoms with Crippen LogP contribution in [0.25, 0.3) is 0 Å². The Labute approximate surface area is 151 Å². The molecule has 10 heteroatoms. The molecule has 0 aliphatic heterocycles. The lowest BCUT2D eigenvalue weighted by atomic mass is 10.4. The van der Waals surface area contributed by atoms with Crippen molar-refractivity contribution in [1.29, 1.82) is 0 Å². The van der Waals surface area contributed by atoms with Crippen molar-refractivity contribution in [3.05, 3.63) is 57.3 Å². The summed E-state index contributed by atoms with van der Waals surface area (Å²) < 4.78 is 9.40. The van der Waals surface area contributed by atoms with E-state index in [2.05, 4.69) is 9.73 Å². The van der Waals surface area contributed by atoms with E-state index in [0.717, 1.165) is 17.0 Å². The second kappa shape index (κ2) is 9.09. The molecule has 1 N–H and O–H groups in total. The Morgan fingerprint density at radius 1 is 1.24 bits per heavy atom. The van der Waals surface area contributed by atoms with Gasteiger partial charge in [0.1, 0.15) is 4.92 Å². The molecule has 0 unspecified atom stereocenters. The summed E-state index contributed by atoms with van der Waals surface area (Å²) in [6.45, 7) is -0.116. The first kappa shape index (κ1) is 18.8. The lowest BCUT2D eigenvalue weighted by Gasteiger charge is -2.06. The Hall–Kier alpha value is -2.52. The summed E-state index contributed by atoms with van der Waals surface area (Å²) in [5.41, 5.74) is 0. The molecule has 0 saturated carbocycles. The van der Waals surface area contributed by atoms with Gasteiger partial charge in [-0.2, -0.15) is 0 Å². The molecule has 0 aliphatic carbocycles. The van der Waals surface area contributed by atoms with Crippen molar-refractivity contribution in [3.8, 4) is 0 Å². The Morgan fingerprint density at radius 3 is 2.60 bits per heavy atom. The highest BCUT2D eigenvalue weighted by Crippen LogP contribution is 2.19. The molecule has 1 amide bonds. The fourth-order valence-electron chi connectivity index (χ4n) is 1.68. The van der Waals surface area contributed by atoms with Crippen molar-refractivity contribution in [3.63, 3.8) is 0 Å². The topological polar surface area (TPSA) is 112 Å². The number of nitrogens with zero attached hydrogens (tertiary/aromatic N) is 1. The van der Waals surface area contributed by atoms with Gasteiger partial charge in [-0.1, -0.05) is 11.6 Å². The Balaban J connectivity index is 1.65. The Morgan fingerprint density at radius 2 is 1.96 bits per heavy atom. The van der Waals surface area contributed by atoms with Crippen LogP contribution in [0.5, 0.6) is 0 Å². The predicted molar refractivity (Wildman–Crippen MR) is 90.8 cm³/mol. The summed E-state index contributed by atoms with van der Waals surface area (Å²) >= 11 is 7.33. The molecule has 0 atom stereocenters. The number of thioether (sulfide) groups is 1. The third-order valence-electron chi connectivity index (χ3n) is 2.81. The number of furan rings is 1. The van der Waals surface area contributed by atoms with Gasteiger partial charge in [-0.3, -0.25) is 14.9 Å². The maximum atomic E-state index is 11.6. The highest BCUT2D eigenvalue weighted by molar-refractivity contribution is 7.99. The van der Waals surface area contributed by atoms with Crippen molar-refractivity contribution < 1.29 is 23.7 Å². The summed E-state index contributed by atoms with van der Waals surface area (Å²) in [5.74, 6) is -1.70. The molecule has 25 heavy (non-hydrogen) atoms.